The summed E-state index contributed by atoms with van der Waals surface area (Å²) < 4.78 is 22.0. The minimum atomic E-state index is -3.38. The fourth-order valence-corrected chi connectivity index (χ4v) is 0.177. The number of hydrogen-bond donors (Lipinski definition) is 3. The van der Waals surface area contributed by atoms with Crippen LogP contribution < -0.4 is 15.4 Å². The summed E-state index contributed by atoms with van der Waals surface area (Å²) in [5, 5.41) is 0. The molecule has 0 atom stereocenters. The third-order valence-electron chi connectivity index (χ3n) is 0.424. The highest BCUT2D eigenvalue weighted by molar-refractivity contribution is 7.87. The van der Waals surface area contributed by atoms with E-state index in [4.69, 9.17) is 0 Å². The van der Waals surface area contributed by atoms with E-state index in [1.54, 1.807) is 4.83 Å². The third kappa shape index (κ3) is 2.52. The van der Waals surface area contributed by atoms with E-state index in [-0.39, 0.29) is 0 Å². The van der Waals surface area contributed by atoms with Gasteiger partial charge in [0.2, 0.25) is 0 Å². The van der Waals surface area contributed by atoms with E-state index < -0.39 is 10.2 Å². The first-order valence-electron chi connectivity index (χ1n) is 1.53. The lowest BCUT2D eigenvalue weighted by molar-refractivity contribution is 0.576. The van der Waals surface area contributed by atoms with Gasteiger partial charge in [-0.25, -0.2) is 4.72 Å². The Morgan fingerprint density at radius 2 is 2.00 bits per heavy atom. The van der Waals surface area contributed by atoms with E-state index in [1.807, 2.05) is 4.72 Å². The second-order valence-corrected chi connectivity index (χ2v) is 2.48. The van der Waals surface area contributed by atoms with Gasteiger partial charge < -0.3 is 0 Å². The Balaban J connectivity index is 3.89. The van der Waals surface area contributed by atoms with Gasteiger partial charge in [-0.05, 0) is 0 Å². The molecule has 0 aliphatic carbocycles. The summed E-state index contributed by atoms with van der Waals surface area (Å²) in [5.74, 6) is 4.52. The van der Waals surface area contributed by atoms with Crippen LogP contribution in [0.3, 0.4) is 0 Å². The van der Waals surface area contributed by atoms with Crippen LogP contribution in [0.5, 0.6) is 0 Å². The largest absolute Gasteiger partial charge is 0.289 e. The molecule has 0 fully saturated rings. The molecular weight excluding hydrogens is 118 g/mol. The molecule has 6 heteroatoms. The highest BCUT2D eigenvalue weighted by atomic mass is 32.2. The molecule has 7 heavy (non-hydrogen) atoms. The van der Waals surface area contributed by atoms with E-state index in [1.165, 1.54) is 7.05 Å². The Bertz CT molecular complexity index is 116. The Morgan fingerprint density at radius 3 is 2.00 bits per heavy atom. The van der Waals surface area contributed by atoms with Crippen LogP contribution >= 0.6 is 0 Å². The maximum atomic E-state index is 10.0. The van der Waals surface area contributed by atoms with Crippen molar-refractivity contribution in [2.75, 3.05) is 7.05 Å². The second kappa shape index (κ2) is 2.22. The van der Waals surface area contributed by atoms with Gasteiger partial charge in [-0.3, -0.25) is 5.84 Å². The zero-order valence-electron chi connectivity index (χ0n) is 3.80. The van der Waals surface area contributed by atoms with Crippen molar-refractivity contribution >= 4 is 10.2 Å². The predicted octanol–water partition coefficient (Wildman–Crippen LogP) is -2.09. The van der Waals surface area contributed by atoms with E-state index in [9.17, 15) is 8.42 Å². The molecule has 0 saturated heterocycles. The minimum absolute atomic E-state index is 1.26. The molecule has 0 heterocycles. The summed E-state index contributed by atoms with van der Waals surface area (Å²) >= 11 is 0. The van der Waals surface area contributed by atoms with Crippen molar-refractivity contribution in [2.24, 2.45) is 5.84 Å². The van der Waals surface area contributed by atoms with Crippen LogP contribution in [-0.2, 0) is 10.2 Å². The molecule has 0 aromatic rings. The number of nitrogens with two attached hydrogens (primary N) is 1. The number of nitrogens with one attached hydrogen (secondary N) is 2. The topological polar surface area (TPSA) is 84.2 Å². The van der Waals surface area contributed by atoms with Crippen molar-refractivity contribution in [2.45, 2.75) is 0 Å². The number of hydrazine groups is 1. The molecule has 0 aliphatic rings. The first-order valence-corrected chi connectivity index (χ1v) is 3.01. The van der Waals surface area contributed by atoms with Crippen LogP contribution in [0, 0.1) is 0 Å². The van der Waals surface area contributed by atoms with E-state index in [0.717, 1.165) is 0 Å². The molecule has 0 bridgehead atoms. The molecular formula is CH7N3O2S. The van der Waals surface area contributed by atoms with Crippen LogP contribution in [0.15, 0.2) is 0 Å². The summed E-state index contributed by atoms with van der Waals surface area (Å²) in [5.41, 5.74) is 0. The predicted molar refractivity (Wildman–Crippen MR) is 25.3 cm³/mol. The SMILES string of the molecule is CNS(=O)(=O)NN. The summed E-state index contributed by atoms with van der Waals surface area (Å²) in [6.07, 6.45) is 0. The van der Waals surface area contributed by atoms with Gasteiger partial charge in [-0.2, -0.15) is 8.42 Å². The molecule has 4 N–H and O–H groups in total. The third-order valence-corrected chi connectivity index (χ3v) is 1.27. The van der Waals surface area contributed by atoms with Gasteiger partial charge in [-0.15, -0.1) is 4.83 Å². The van der Waals surface area contributed by atoms with Gasteiger partial charge in [0.25, 0.3) is 10.2 Å². The van der Waals surface area contributed by atoms with Crippen molar-refractivity contribution in [1.82, 2.24) is 9.55 Å². The first-order chi connectivity index (χ1) is 3.12. The lowest BCUT2D eigenvalue weighted by Gasteiger charge is -1.94. The fourth-order valence-electron chi connectivity index (χ4n) is 0.0589. The van der Waals surface area contributed by atoms with E-state index >= 15 is 0 Å². The van der Waals surface area contributed by atoms with Crippen LogP contribution in [0.1, 0.15) is 0 Å². The second-order valence-electron chi connectivity index (χ2n) is 0.825. The molecule has 0 radical (unpaired) electrons. The Labute approximate surface area is 42.0 Å². The molecule has 44 valence electrons. The Kier molecular flexibility index (Phi) is 2.16. The zero-order chi connectivity index (χ0) is 5.91. The molecule has 0 aliphatic heterocycles. The monoisotopic (exact) mass is 125 g/mol. The summed E-state index contributed by atoms with van der Waals surface area (Å²) in [6, 6.07) is 0. The van der Waals surface area contributed by atoms with Crippen molar-refractivity contribution in [1.29, 1.82) is 0 Å². The molecule has 0 amide bonds. The Morgan fingerprint density at radius 1 is 1.57 bits per heavy atom. The van der Waals surface area contributed by atoms with Crippen molar-refractivity contribution in [3.05, 3.63) is 0 Å². The molecule has 0 unspecified atom stereocenters. The van der Waals surface area contributed by atoms with Gasteiger partial charge in [0.1, 0.15) is 0 Å². The summed E-state index contributed by atoms with van der Waals surface area (Å²) in [7, 11) is -2.12. The van der Waals surface area contributed by atoms with Crippen LogP contribution in [0.4, 0.5) is 0 Å². The van der Waals surface area contributed by atoms with Gasteiger partial charge in [0.15, 0.2) is 0 Å². The highest BCUT2D eigenvalue weighted by Gasteiger charge is 1.96. The molecule has 0 aromatic heterocycles. The molecule has 0 saturated carbocycles. The molecule has 0 spiro atoms. The van der Waals surface area contributed by atoms with Crippen LogP contribution in [0.25, 0.3) is 0 Å². The number of rotatable bonds is 2. The molecule has 5 nitrogen and oxygen atoms in total. The van der Waals surface area contributed by atoms with Crippen molar-refractivity contribution in [3.8, 4) is 0 Å². The Hall–Kier alpha value is -0.170. The van der Waals surface area contributed by atoms with Gasteiger partial charge in [0, 0.05) is 7.05 Å². The summed E-state index contributed by atoms with van der Waals surface area (Å²) in [6.45, 7) is 0. The van der Waals surface area contributed by atoms with Crippen molar-refractivity contribution < 1.29 is 8.42 Å². The number of hydrogen-bond acceptors (Lipinski definition) is 3. The quantitative estimate of drug-likeness (QED) is 0.292. The normalized spacial score (nSPS) is 11.7. The van der Waals surface area contributed by atoms with Gasteiger partial charge >= 0.3 is 0 Å². The highest BCUT2D eigenvalue weighted by Crippen LogP contribution is 1.60. The zero-order valence-corrected chi connectivity index (χ0v) is 4.62. The van der Waals surface area contributed by atoms with Gasteiger partial charge in [-0.1, -0.05) is 0 Å². The lowest BCUT2D eigenvalue weighted by atomic mass is 11.6. The maximum Gasteiger partial charge on any atom is 0.289 e. The lowest BCUT2D eigenvalue weighted by Crippen LogP contribution is -2.38. The minimum Gasteiger partial charge on any atom is -0.257 e. The van der Waals surface area contributed by atoms with Crippen molar-refractivity contribution in [3.63, 3.8) is 0 Å². The average molecular weight is 125 g/mol. The average Bonchev–Trinajstić information content (AvgIpc) is 1.68. The van der Waals surface area contributed by atoms with Crippen LogP contribution in [0.2, 0.25) is 0 Å². The molecule has 0 aromatic carbocycles. The van der Waals surface area contributed by atoms with Gasteiger partial charge in [0.05, 0.1) is 0 Å². The molecule has 0 rings (SSSR count). The maximum absolute atomic E-state index is 10.0. The van der Waals surface area contributed by atoms with E-state index in [0.29, 0.717) is 0 Å². The smallest absolute Gasteiger partial charge is 0.257 e. The summed E-state index contributed by atoms with van der Waals surface area (Å²) in [4.78, 5) is 1.55. The standard InChI is InChI=1S/CH7N3O2S/c1-3-7(5,6)4-2/h3-4H,2H2,1H3. The van der Waals surface area contributed by atoms with E-state index in [2.05, 4.69) is 5.84 Å². The van der Waals surface area contributed by atoms with Crippen LogP contribution in [-0.4, -0.2) is 15.5 Å². The first kappa shape index (κ1) is 6.83. The fraction of sp³-hybridized carbons (Fsp3) is 1.00.